The predicted octanol–water partition coefficient (Wildman–Crippen LogP) is 17.4. The van der Waals surface area contributed by atoms with Gasteiger partial charge in [-0.3, -0.25) is 19.9 Å². The normalized spacial score (nSPS) is 11.4. The van der Waals surface area contributed by atoms with Crippen molar-refractivity contribution in [1.82, 2.24) is 19.9 Å². The number of thioether (sulfide) groups is 1. The molecule has 0 aliphatic rings. The molecule has 0 amide bonds. The number of hydrogen-bond donors (Lipinski definition) is 0. The van der Waals surface area contributed by atoms with Gasteiger partial charge >= 0.3 is 0 Å². The summed E-state index contributed by atoms with van der Waals surface area (Å²) in [4.78, 5) is 18.1. The topological polar surface area (TPSA) is 51.6 Å². The third kappa shape index (κ3) is 25.0. The number of rotatable bonds is 38. The maximum Gasteiger partial charge on any atom is 0.0888 e. The average Bonchev–Trinajstić information content (AvgIpc) is 3.28. The van der Waals surface area contributed by atoms with Gasteiger partial charge in [0.15, 0.2) is 0 Å². The molecule has 0 aromatic carbocycles. The van der Waals surface area contributed by atoms with Crippen molar-refractivity contribution in [3.63, 3.8) is 0 Å². The van der Waals surface area contributed by atoms with Gasteiger partial charge in [-0.2, -0.15) is 11.8 Å². The average molecular weight is 847 g/mol. The Morgan fingerprint density at radius 3 is 0.836 bits per heavy atom. The predicted molar refractivity (Wildman–Crippen MR) is 268 cm³/mol. The minimum atomic E-state index is 0.981. The van der Waals surface area contributed by atoms with E-state index in [2.05, 4.69) is 81.9 Å². The van der Waals surface area contributed by atoms with Gasteiger partial charge in [-0.15, -0.1) is 0 Å². The summed E-state index contributed by atoms with van der Waals surface area (Å²) in [6, 6.07) is 17.1. The number of nitrogens with zero attached hydrogens (tertiary/aromatic N) is 4. The van der Waals surface area contributed by atoms with Gasteiger partial charge in [-0.25, -0.2) is 0 Å². The van der Waals surface area contributed by atoms with Crippen LogP contribution in [0.3, 0.4) is 0 Å². The van der Waals surface area contributed by atoms with E-state index in [1.165, 1.54) is 226 Å². The van der Waals surface area contributed by atoms with Crippen LogP contribution in [0.5, 0.6) is 0 Å². The molecule has 0 saturated heterocycles. The first-order chi connectivity index (χ1) is 30.2. The lowest BCUT2D eigenvalue weighted by Crippen LogP contribution is -1.92. The van der Waals surface area contributed by atoms with Gasteiger partial charge in [-0.05, 0) is 135 Å². The van der Waals surface area contributed by atoms with Crippen molar-refractivity contribution in [3.05, 3.63) is 95.6 Å². The lowest BCUT2D eigenvalue weighted by atomic mass is 10.0. The van der Waals surface area contributed by atoms with Crippen LogP contribution in [0.25, 0.3) is 22.8 Å². The van der Waals surface area contributed by atoms with E-state index in [1.54, 1.807) is 0 Å². The monoisotopic (exact) mass is 847 g/mol. The molecule has 336 valence electrons. The molecule has 5 heteroatoms. The first-order valence-corrected chi connectivity index (χ1v) is 26.7. The van der Waals surface area contributed by atoms with Crippen LogP contribution in [0, 0.1) is 13.8 Å². The van der Waals surface area contributed by atoms with Gasteiger partial charge in [0.2, 0.25) is 0 Å². The Labute approximate surface area is 379 Å². The van der Waals surface area contributed by atoms with Crippen molar-refractivity contribution in [2.75, 3.05) is 11.5 Å². The summed E-state index contributed by atoms with van der Waals surface area (Å²) in [5, 5.41) is 0. The fourth-order valence-electron chi connectivity index (χ4n) is 8.66. The molecule has 4 aromatic rings. The molecule has 4 aromatic heterocycles. The fraction of sp³-hybridized carbons (Fsp3) is 0.643. The van der Waals surface area contributed by atoms with Crippen molar-refractivity contribution in [1.29, 1.82) is 0 Å². The van der Waals surface area contributed by atoms with Crippen molar-refractivity contribution < 1.29 is 0 Å². The summed E-state index contributed by atoms with van der Waals surface area (Å²) >= 11 is 2.22. The van der Waals surface area contributed by atoms with Crippen LogP contribution >= 0.6 is 11.8 Å². The van der Waals surface area contributed by atoms with Gasteiger partial charge in [-0.1, -0.05) is 167 Å². The third-order valence-electron chi connectivity index (χ3n) is 12.5. The van der Waals surface area contributed by atoms with Crippen molar-refractivity contribution >= 4 is 11.8 Å². The Kier molecular flexibility index (Phi) is 28.6. The summed E-state index contributed by atoms with van der Waals surface area (Å²) in [5.41, 5.74) is 9.20. The van der Waals surface area contributed by atoms with Crippen LogP contribution in [0.1, 0.15) is 215 Å². The summed E-state index contributed by atoms with van der Waals surface area (Å²) < 4.78 is 0. The van der Waals surface area contributed by atoms with Crippen LogP contribution in [0.15, 0.2) is 73.3 Å². The molecule has 0 N–H and O–H groups in total. The van der Waals surface area contributed by atoms with Crippen LogP contribution in [0.2, 0.25) is 0 Å². The standard InChI is InChI=1S/C56H86N4S/c1-49-35-39-57-53(45-49)55-47-51(37-41-59-55)33-29-25-21-17-13-9-5-3-7-11-15-19-23-27-31-43-61-44-32-28-24-20-16-12-8-4-6-10-14-18-22-26-30-34-52-38-42-60-56(48-52)54-46-50(2)36-40-58-54/h35-42,45-48H,3-34,43-44H2,1-2H3. The number of unbranched alkanes of at least 4 members (excludes halogenated alkanes) is 28. The molecule has 0 aliphatic heterocycles. The van der Waals surface area contributed by atoms with Crippen LogP contribution < -0.4 is 0 Å². The van der Waals surface area contributed by atoms with Crippen LogP contribution in [0.4, 0.5) is 0 Å². The summed E-state index contributed by atoms with van der Waals surface area (Å²) in [5.74, 6) is 2.78. The van der Waals surface area contributed by atoms with E-state index >= 15 is 0 Å². The Balaban J connectivity index is 0.777. The maximum atomic E-state index is 4.55. The Morgan fingerprint density at radius 2 is 0.541 bits per heavy atom. The molecule has 4 rings (SSSR count). The zero-order valence-corrected chi connectivity index (χ0v) is 40.0. The van der Waals surface area contributed by atoms with E-state index in [4.69, 9.17) is 0 Å². The quantitative estimate of drug-likeness (QED) is 0.0421. The molecule has 61 heavy (non-hydrogen) atoms. The van der Waals surface area contributed by atoms with E-state index in [-0.39, 0.29) is 0 Å². The summed E-state index contributed by atoms with van der Waals surface area (Å²) in [7, 11) is 0. The number of aromatic nitrogens is 4. The second kappa shape index (κ2) is 34.4. The second-order valence-corrected chi connectivity index (χ2v) is 19.5. The smallest absolute Gasteiger partial charge is 0.0888 e. The highest BCUT2D eigenvalue weighted by Gasteiger charge is 2.05. The Morgan fingerprint density at radius 1 is 0.295 bits per heavy atom. The number of aryl methyl sites for hydroxylation is 4. The maximum absolute atomic E-state index is 4.55. The molecule has 0 aliphatic carbocycles. The van der Waals surface area contributed by atoms with Gasteiger partial charge in [0, 0.05) is 24.8 Å². The zero-order valence-electron chi connectivity index (χ0n) is 39.2. The minimum Gasteiger partial charge on any atom is -0.255 e. The minimum absolute atomic E-state index is 0.981. The highest BCUT2D eigenvalue weighted by Crippen LogP contribution is 2.21. The van der Waals surface area contributed by atoms with E-state index in [0.717, 1.165) is 35.6 Å². The zero-order chi connectivity index (χ0) is 42.7. The Hall–Kier alpha value is -3.05. The fourth-order valence-corrected chi connectivity index (χ4v) is 9.68. The molecule has 4 nitrogen and oxygen atoms in total. The van der Waals surface area contributed by atoms with Crippen molar-refractivity contribution in [2.24, 2.45) is 0 Å². The largest absolute Gasteiger partial charge is 0.255 e. The lowest BCUT2D eigenvalue weighted by Gasteiger charge is -2.06. The molecule has 0 fully saturated rings. The van der Waals surface area contributed by atoms with Crippen molar-refractivity contribution in [3.8, 4) is 22.8 Å². The molecule has 0 radical (unpaired) electrons. The first kappa shape index (κ1) is 50.6. The van der Waals surface area contributed by atoms with E-state index in [9.17, 15) is 0 Å². The van der Waals surface area contributed by atoms with Gasteiger partial charge in [0.25, 0.3) is 0 Å². The Bertz CT molecular complexity index is 1530. The molecule has 0 bridgehead atoms. The molecular formula is C56H86N4S. The molecule has 0 atom stereocenters. The SMILES string of the molecule is Cc1ccnc(-c2cc(CCCCCCCCCCCCCCCCCSCCCCCCCCCCCCCCCCCc3ccnc(-c4cc(C)ccn4)c3)ccn2)c1. The molecule has 0 saturated carbocycles. The molecule has 0 spiro atoms. The van der Waals surface area contributed by atoms with E-state index in [0.29, 0.717) is 0 Å². The van der Waals surface area contributed by atoms with E-state index in [1.807, 2.05) is 36.9 Å². The highest BCUT2D eigenvalue weighted by molar-refractivity contribution is 7.99. The van der Waals surface area contributed by atoms with Crippen LogP contribution in [-0.4, -0.2) is 31.4 Å². The number of hydrogen-bond acceptors (Lipinski definition) is 5. The van der Waals surface area contributed by atoms with Crippen molar-refractivity contribution in [2.45, 2.75) is 219 Å². The van der Waals surface area contributed by atoms with Crippen LogP contribution in [-0.2, 0) is 12.8 Å². The summed E-state index contributed by atoms with van der Waals surface area (Å²) in [6.45, 7) is 4.22. The summed E-state index contributed by atoms with van der Waals surface area (Å²) in [6.07, 6.45) is 52.5. The van der Waals surface area contributed by atoms with Gasteiger partial charge < -0.3 is 0 Å². The molecule has 0 unspecified atom stereocenters. The first-order valence-electron chi connectivity index (χ1n) is 25.5. The highest BCUT2D eigenvalue weighted by atomic mass is 32.2. The second-order valence-electron chi connectivity index (χ2n) is 18.3. The van der Waals surface area contributed by atoms with Gasteiger partial charge in [0.05, 0.1) is 22.8 Å². The molecular weight excluding hydrogens is 761 g/mol. The number of pyridine rings is 4. The van der Waals surface area contributed by atoms with E-state index < -0.39 is 0 Å². The lowest BCUT2D eigenvalue weighted by molar-refractivity contribution is 0.532. The molecule has 4 heterocycles. The van der Waals surface area contributed by atoms with Gasteiger partial charge in [0.1, 0.15) is 0 Å². The third-order valence-corrected chi connectivity index (χ3v) is 13.7.